The number of aromatic nitrogens is 7. The second kappa shape index (κ2) is 7.98. The molecule has 0 bridgehead atoms. The van der Waals surface area contributed by atoms with Crippen LogP contribution in [0.15, 0.2) is 47.7 Å². The van der Waals surface area contributed by atoms with E-state index in [4.69, 9.17) is 0 Å². The van der Waals surface area contributed by atoms with Crippen LogP contribution in [0.3, 0.4) is 0 Å². The van der Waals surface area contributed by atoms with E-state index in [9.17, 15) is 4.79 Å². The molecule has 10 heteroatoms. The summed E-state index contributed by atoms with van der Waals surface area (Å²) in [6.45, 7) is 5.62. The number of piperidine rings is 1. The van der Waals surface area contributed by atoms with E-state index in [1.165, 1.54) is 0 Å². The highest BCUT2D eigenvalue weighted by molar-refractivity contribution is 5.83. The zero-order chi connectivity index (χ0) is 23.2. The smallest absolute Gasteiger partial charge is 0.327 e. The summed E-state index contributed by atoms with van der Waals surface area (Å²) in [4.78, 5) is 38.7. The normalized spacial score (nSPS) is 14.8. The molecule has 1 fully saturated rings. The molecule has 0 amide bonds. The summed E-state index contributed by atoms with van der Waals surface area (Å²) in [6, 6.07) is 10.0. The van der Waals surface area contributed by atoms with Gasteiger partial charge in [-0.1, -0.05) is 0 Å². The average Bonchev–Trinajstić information content (AvgIpc) is 3.38. The van der Waals surface area contributed by atoms with Gasteiger partial charge in [0.05, 0.1) is 16.6 Å². The molecule has 0 aliphatic carbocycles. The van der Waals surface area contributed by atoms with Gasteiger partial charge < -0.3 is 15.2 Å². The van der Waals surface area contributed by atoms with E-state index in [0.717, 1.165) is 71.2 Å². The highest BCUT2D eigenvalue weighted by atomic mass is 16.1. The molecule has 1 saturated heterocycles. The Balaban J connectivity index is 1.19. The van der Waals surface area contributed by atoms with Crippen molar-refractivity contribution >= 4 is 39.5 Å². The van der Waals surface area contributed by atoms with Gasteiger partial charge in [-0.25, -0.2) is 24.7 Å². The van der Waals surface area contributed by atoms with Gasteiger partial charge in [0.15, 0.2) is 5.65 Å². The van der Waals surface area contributed by atoms with Crippen LogP contribution in [0.1, 0.15) is 30.3 Å². The molecule has 1 aliphatic heterocycles. The van der Waals surface area contributed by atoms with Gasteiger partial charge in [0, 0.05) is 37.1 Å². The van der Waals surface area contributed by atoms with E-state index in [1.54, 1.807) is 12.5 Å². The Morgan fingerprint density at radius 2 is 1.91 bits per heavy atom. The summed E-state index contributed by atoms with van der Waals surface area (Å²) >= 11 is 0. The van der Waals surface area contributed by atoms with Gasteiger partial charge in [-0.2, -0.15) is 0 Å². The topological polar surface area (TPSA) is 120 Å². The number of hydrogen-bond donors (Lipinski definition) is 3. The highest BCUT2D eigenvalue weighted by Crippen LogP contribution is 2.29. The van der Waals surface area contributed by atoms with E-state index < -0.39 is 0 Å². The molecule has 34 heavy (non-hydrogen) atoms. The van der Waals surface area contributed by atoms with Crippen molar-refractivity contribution in [3.8, 4) is 0 Å². The Kier molecular flexibility index (Phi) is 4.79. The Morgan fingerprint density at radius 1 is 1.06 bits per heavy atom. The molecule has 0 atom stereocenters. The largest absolute Gasteiger partial charge is 0.356 e. The van der Waals surface area contributed by atoms with Crippen LogP contribution in [-0.4, -0.2) is 47.6 Å². The third kappa shape index (κ3) is 3.57. The molecule has 172 valence electrons. The predicted molar refractivity (Wildman–Crippen MR) is 132 cm³/mol. The van der Waals surface area contributed by atoms with Crippen LogP contribution in [0.5, 0.6) is 0 Å². The standard InChI is InChI=1S/C24H25N9O/c1-14-10-16(11-18-22(14)29-15(2)28-18)30-20-12-21(27-13-26-20)32-8-5-17(6-9-32)33-19-4-3-7-25-23(19)31-24(33)34/h3-4,7,10-13,17H,5-6,8-9H2,1-2H3,(H,28,29)(H,25,31,34)(H,26,27,30). The molecule has 6 rings (SSSR count). The van der Waals surface area contributed by atoms with E-state index >= 15 is 0 Å². The molecule has 1 aliphatic rings. The first-order valence-corrected chi connectivity index (χ1v) is 11.4. The summed E-state index contributed by atoms with van der Waals surface area (Å²) in [5.74, 6) is 2.51. The number of nitrogens with zero attached hydrogens (tertiary/aromatic N) is 6. The van der Waals surface area contributed by atoms with Gasteiger partial charge in [0.25, 0.3) is 0 Å². The van der Waals surface area contributed by atoms with Gasteiger partial charge in [-0.15, -0.1) is 0 Å². The number of anilines is 3. The number of imidazole rings is 2. The van der Waals surface area contributed by atoms with Crippen molar-refractivity contribution in [2.45, 2.75) is 32.7 Å². The van der Waals surface area contributed by atoms with Gasteiger partial charge in [-0.3, -0.25) is 9.55 Å². The van der Waals surface area contributed by atoms with Crippen LogP contribution in [0.4, 0.5) is 17.3 Å². The highest BCUT2D eigenvalue weighted by Gasteiger charge is 2.24. The molecule has 5 aromatic rings. The van der Waals surface area contributed by atoms with E-state index in [1.807, 2.05) is 35.8 Å². The monoisotopic (exact) mass is 455 g/mol. The van der Waals surface area contributed by atoms with Crippen molar-refractivity contribution in [2.75, 3.05) is 23.3 Å². The molecule has 0 saturated carbocycles. The Labute approximate surface area is 195 Å². The maximum absolute atomic E-state index is 12.5. The summed E-state index contributed by atoms with van der Waals surface area (Å²) in [7, 11) is 0. The summed E-state index contributed by atoms with van der Waals surface area (Å²) < 4.78 is 1.85. The number of H-pyrrole nitrogens is 2. The average molecular weight is 456 g/mol. The Hall–Kier alpha value is -4.21. The fourth-order valence-corrected chi connectivity index (χ4v) is 4.90. The minimum atomic E-state index is -0.0969. The summed E-state index contributed by atoms with van der Waals surface area (Å²) in [5, 5.41) is 3.40. The van der Waals surface area contributed by atoms with Crippen LogP contribution in [-0.2, 0) is 0 Å². The minimum absolute atomic E-state index is 0.0969. The van der Waals surface area contributed by atoms with Crippen molar-refractivity contribution < 1.29 is 0 Å². The van der Waals surface area contributed by atoms with E-state index in [-0.39, 0.29) is 11.7 Å². The molecule has 0 radical (unpaired) electrons. The van der Waals surface area contributed by atoms with Crippen molar-refractivity contribution in [3.63, 3.8) is 0 Å². The number of pyridine rings is 1. The lowest BCUT2D eigenvalue weighted by molar-refractivity contribution is 0.395. The second-order valence-electron chi connectivity index (χ2n) is 8.79. The van der Waals surface area contributed by atoms with Crippen molar-refractivity contribution in [1.82, 2.24) is 34.5 Å². The maximum atomic E-state index is 12.5. The lowest BCUT2D eigenvalue weighted by atomic mass is 10.0. The van der Waals surface area contributed by atoms with Crippen LogP contribution >= 0.6 is 0 Å². The fourth-order valence-electron chi connectivity index (χ4n) is 4.90. The first-order chi connectivity index (χ1) is 16.5. The molecular formula is C24H25N9O. The third-order valence-corrected chi connectivity index (χ3v) is 6.46. The molecule has 0 spiro atoms. The zero-order valence-electron chi connectivity index (χ0n) is 19.0. The Bertz CT molecular complexity index is 1560. The molecule has 10 nitrogen and oxygen atoms in total. The van der Waals surface area contributed by atoms with Gasteiger partial charge in [0.2, 0.25) is 0 Å². The van der Waals surface area contributed by atoms with Crippen molar-refractivity contribution in [3.05, 3.63) is 64.7 Å². The van der Waals surface area contributed by atoms with E-state index in [2.05, 4.69) is 53.1 Å². The lowest BCUT2D eigenvalue weighted by Crippen LogP contribution is -2.37. The molecule has 4 aromatic heterocycles. The predicted octanol–water partition coefficient (Wildman–Crippen LogP) is 3.59. The first-order valence-electron chi connectivity index (χ1n) is 11.4. The first kappa shape index (κ1) is 20.4. The third-order valence-electron chi connectivity index (χ3n) is 6.46. The molecule has 3 N–H and O–H groups in total. The number of fused-ring (bicyclic) bond motifs is 2. The lowest BCUT2D eigenvalue weighted by Gasteiger charge is -2.33. The second-order valence-corrected chi connectivity index (χ2v) is 8.79. The zero-order valence-corrected chi connectivity index (χ0v) is 19.0. The maximum Gasteiger partial charge on any atom is 0.327 e. The number of aromatic amines is 2. The summed E-state index contributed by atoms with van der Waals surface area (Å²) in [5.41, 5.74) is 5.44. The number of hydrogen-bond acceptors (Lipinski definition) is 7. The molecule has 1 aromatic carbocycles. The molecule has 5 heterocycles. The van der Waals surface area contributed by atoms with Crippen LogP contribution in [0.25, 0.3) is 22.2 Å². The number of nitrogens with one attached hydrogen (secondary N) is 3. The fraction of sp³-hybridized carbons (Fsp3) is 0.292. The molecule has 0 unspecified atom stereocenters. The molecular weight excluding hydrogens is 430 g/mol. The van der Waals surface area contributed by atoms with Crippen LogP contribution < -0.4 is 15.9 Å². The van der Waals surface area contributed by atoms with Gasteiger partial charge in [0.1, 0.15) is 23.8 Å². The number of aryl methyl sites for hydroxylation is 2. The quantitative estimate of drug-likeness (QED) is 0.379. The SMILES string of the molecule is Cc1nc2c(C)cc(Nc3cc(N4CCC(n5c(=O)[nH]c6ncccc65)CC4)ncn3)cc2[nH]1. The van der Waals surface area contributed by atoms with Crippen molar-refractivity contribution in [2.24, 2.45) is 0 Å². The van der Waals surface area contributed by atoms with Crippen LogP contribution in [0, 0.1) is 13.8 Å². The number of rotatable bonds is 4. The minimum Gasteiger partial charge on any atom is -0.356 e. The number of benzene rings is 1. The van der Waals surface area contributed by atoms with Crippen molar-refractivity contribution in [1.29, 1.82) is 0 Å². The van der Waals surface area contributed by atoms with Gasteiger partial charge >= 0.3 is 5.69 Å². The van der Waals surface area contributed by atoms with Gasteiger partial charge in [-0.05, 0) is 56.5 Å². The Morgan fingerprint density at radius 3 is 2.76 bits per heavy atom. The summed E-state index contributed by atoms with van der Waals surface area (Å²) in [6.07, 6.45) is 4.99. The van der Waals surface area contributed by atoms with E-state index in [0.29, 0.717) is 5.65 Å². The van der Waals surface area contributed by atoms with Crippen LogP contribution in [0.2, 0.25) is 0 Å².